The van der Waals surface area contributed by atoms with E-state index >= 15 is 0 Å². The summed E-state index contributed by atoms with van der Waals surface area (Å²) in [7, 11) is 0. The van der Waals surface area contributed by atoms with Crippen LogP contribution in [-0.4, -0.2) is 25.1 Å². The van der Waals surface area contributed by atoms with E-state index in [4.69, 9.17) is 16.2 Å². The number of rotatable bonds is 5. The molecule has 0 unspecified atom stereocenters. The van der Waals surface area contributed by atoms with Crippen LogP contribution in [0.15, 0.2) is 23.2 Å². The molecule has 0 aromatic heterocycles. The van der Waals surface area contributed by atoms with Gasteiger partial charge < -0.3 is 16.2 Å². The normalized spacial score (nSPS) is 9.95. The van der Waals surface area contributed by atoms with Crippen LogP contribution in [-0.2, 0) is 6.42 Å². The smallest absolute Gasteiger partial charge is 0.351 e. The molecule has 110 valence electrons. The lowest BCUT2D eigenvalue weighted by molar-refractivity contribution is 0.254. The summed E-state index contributed by atoms with van der Waals surface area (Å²) in [5.41, 5.74) is 12.3. The topological polar surface area (TPSA) is 93.9 Å². The number of nitrogens with zero attached hydrogens (tertiary/aromatic N) is 2. The van der Waals surface area contributed by atoms with Gasteiger partial charge in [-0.15, -0.1) is 0 Å². The Kier molecular flexibility index (Phi) is 5.83. The summed E-state index contributed by atoms with van der Waals surface area (Å²) in [5, 5.41) is 0. The quantitative estimate of drug-likeness (QED) is 0.635. The van der Waals surface area contributed by atoms with E-state index in [1.807, 2.05) is 39.0 Å². The molecule has 6 nitrogen and oxygen atoms in total. The lowest BCUT2D eigenvalue weighted by Gasteiger charge is -2.22. The standard InChI is InChI=1S/C14H22N4O2/c1-4-10-9-11(20-6-3)7-8-12(10)18(5-2)14(19)17-13(15)16/h7-9H,4-6H2,1-3H3,(H4,15,16,17,19). The zero-order valence-electron chi connectivity index (χ0n) is 12.2. The number of hydrogen-bond acceptors (Lipinski definition) is 2. The molecule has 0 aliphatic carbocycles. The summed E-state index contributed by atoms with van der Waals surface area (Å²) >= 11 is 0. The number of aryl methyl sites for hydroxylation is 1. The molecule has 4 N–H and O–H groups in total. The van der Waals surface area contributed by atoms with E-state index in [9.17, 15) is 4.79 Å². The fraction of sp³-hybridized carbons (Fsp3) is 0.429. The molecule has 0 aliphatic heterocycles. The molecule has 1 aromatic rings. The maximum absolute atomic E-state index is 12.0. The van der Waals surface area contributed by atoms with Gasteiger partial charge in [0.15, 0.2) is 5.96 Å². The summed E-state index contributed by atoms with van der Waals surface area (Å²) in [6.45, 7) is 6.91. The molecular weight excluding hydrogens is 256 g/mol. The molecule has 1 aromatic carbocycles. The largest absolute Gasteiger partial charge is 0.494 e. The van der Waals surface area contributed by atoms with E-state index in [1.165, 1.54) is 4.90 Å². The van der Waals surface area contributed by atoms with Crippen molar-refractivity contribution >= 4 is 17.7 Å². The maximum atomic E-state index is 12.0. The summed E-state index contributed by atoms with van der Waals surface area (Å²) in [4.78, 5) is 17.1. The number of hydrogen-bond donors (Lipinski definition) is 2. The number of carbonyl (C=O) groups is 1. The number of anilines is 1. The Hall–Kier alpha value is -2.24. The highest BCUT2D eigenvalue weighted by Gasteiger charge is 2.16. The van der Waals surface area contributed by atoms with E-state index in [2.05, 4.69) is 4.99 Å². The van der Waals surface area contributed by atoms with Crippen molar-refractivity contribution in [3.63, 3.8) is 0 Å². The van der Waals surface area contributed by atoms with Gasteiger partial charge in [-0.05, 0) is 44.0 Å². The number of carbonyl (C=O) groups excluding carboxylic acids is 1. The number of aliphatic imine (C=N–C) groups is 1. The van der Waals surface area contributed by atoms with E-state index in [0.717, 1.165) is 23.4 Å². The summed E-state index contributed by atoms with van der Waals surface area (Å²) in [6.07, 6.45) is 0.780. The zero-order valence-corrected chi connectivity index (χ0v) is 12.2. The fourth-order valence-corrected chi connectivity index (χ4v) is 1.94. The van der Waals surface area contributed by atoms with E-state index in [1.54, 1.807) is 0 Å². The molecule has 0 aliphatic rings. The van der Waals surface area contributed by atoms with Crippen molar-refractivity contribution < 1.29 is 9.53 Å². The first kappa shape index (κ1) is 15.8. The van der Waals surface area contributed by atoms with Crippen molar-refractivity contribution in [2.24, 2.45) is 16.5 Å². The van der Waals surface area contributed by atoms with Gasteiger partial charge >= 0.3 is 6.03 Å². The Morgan fingerprint density at radius 2 is 2.00 bits per heavy atom. The number of ether oxygens (including phenoxy) is 1. The molecule has 0 saturated carbocycles. The first-order valence-corrected chi connectivity index (χ1v) is 6.70. The average Bonchev–Trinajstić information content (AvgIpc) is 2.40. The van der Waals surface area contributed by atoms with Crippen molar-refractivity contribution in [1.29, 1.82) is 0 Å². The third-order valence-electron chi connectivity index (χ3n) is 2.81. The first-order chi connectivity index (χ1) is 9.53. The van der Waals surface area contributed by atoms with E-state index < -0.39 is 6.03 Å². The molecule has 0 fully saturated rings. The molecule has 1 rings (SSSR count). The lowest BCUT2D eigenvalue weighted by atomic mass is 10.1. The third-order valence-corrected chi connectivity index (χ3v) is 2.81. The van der Waals surface area contributed by atoms with Crippen molar-refractivity contribution in [3.8, 4) is 5.75 Å². The number of amides is 2. The molecule has 0 bridgehead atoms. The number of guanidine groups is 1. The number of urea groups is 1. The van der Waals surface area contributed by atoms with Crippen molar-refractivity contribution in [2.75, 3.05) is 18.1 Å². The Bertz CT molecular complexity index is 496. The molecule has 6 heteroatoms. The average molecular weight is 278 g/mol. The van der Waals surface area contributed by atoms with Gasteiger partial charge in [0.1, 0.15) is 5.75 Å². The molecule has 0 heterocycles. The van der Waals surface area contributed by atoms with Crippen molar-refractivity contribution in [3.05, 3.63) is 23.8 Å². The fourth-order valence-electron chi connectivity index (χ4n) is 1.94. The maximum Gasteiger partial charge on any atom is 0.351 e. The predicted octanol–water partition coefficient (Wildman–Crippen LogP) is 1.87. The molecule has 0 spiro atoms. The highest BCUT2D eigenvalue weighted by atomic mass is 16.5. The molecule has 0 saturated heterocycles. The molecular formula is C14H22N4O2. The zero-order chi connectivity index (χ0) is 15.1. The highest BCUT2D eigenvalue weighted by Crippen LogP contribution is 2.26. The Labute approximate surface area is 119 Å². The van der Waals surface area contributed by atoms with Crippen LogP contribution in [0.2, 0.25) is 0 Å². The van der Waals surface area contributed by atoms with Crippen LogP contribution in [0.5, 0.6) is 5.75 Å². The molecule has 0 atom stereocenters. The second-order valence-electron chi connectivity index (χ2n) is 4.14. The monoisotopic (exact) mass is 278 g/mol. The van der Waals surface area contributed by atoms with Gasteiger partial charge in [0, 0.05) is 12.2 Å². The summed E-state index contributed by atoms with van der Waals surface area (Å²) in [6, 6.07) is 5.16. The van der Waals surface area contributed by atoms with Crippen LogP contribution in [0, 0.1) is 0 Å². The van der Waals surface area contributed by atoms with Crippen LogP contribution in [0.1, 0.15) is 26.3 Å². The molecule has 20 heavy (non-hydrogen) atoms. The molecule has 0 radical (unpaired) electrons. The lowest BCUT2D eigenvalue weighted by Crippen LogP contribution is -2.33. The Balaban J connectivity index is 3.15. The predicted molar refractivity (Wildman–Crippen MR) is 81.2 cm³/mol. The van der Waals surface area contributed by atoms with Crippen LogP contribution in [0.4, 0.5) is 10.5 Å². The highest BCUT2D eigenvalue weighted by molar-refractivity contribution is 6.00. The van der Waals surface area contributed by atoms with Gasteiger partial charge in [0.2, 0.25) is 0 Å². The summed E-state index contributed by atoms with van der Waals surface area (Å²) < 4.78 is 5.47. The minimum atomic E-state index is -0.466. The van der Waals surface area contributed by atoms with Gasteiger partial charge in [-0.25, -0.2) is 4.79 Å². The number of benzene rings is 1. The van der Waals surface area contributed by atoms with E-state index in [-0.39, 0.29) is 5.96 Å². The van der Waals surface area contributed by atoms with Crippen molar-refractivity contribution in [2.45, 2.75) is 27.2 Å². The minimum Gasteiger partial charge on any atom is -0.494 e. The summed E-state index contributed by atoms with van der Waals surface area (Å²) in [5.74, 6) is 0.552. The first-order valence-electron chi connectivity index (χ1n) is 6.70. The second-order valence-corrected chi connectivity index (χ2v) is 4.14. The van der Waals surface area contributed by atoms with Crippen molar-refractivity contribution in [1.82, 2.24) is 0 Å². The van der Waals surface area contributed by atoms with E-state index in [0.29, 0.717) is 13.2 Å². The van der Waals surface area contributed by atoms with Gasteiger partial charge in [-0.1, -0.05) is 6.92 Å². The van der Waals surface area contributed by atoms with Crippen LogP contribution in [0.25, 0.3) is 0 Å². The van der Waals surface area contributed by atoms with Crippen LogP contribution in [0.3, 0.4) is 0 Å². The third kappa shape index (κ3) is 3.88. The van der Waals surface area contributed by atoms with Gasteiger partial charge in [0.25, 0.3) is 0 Å². The van der Waals surface area contributed by atoms with Crippen LogP contribution < -0.4 is 21.1 Å². The Morgan fingerprint density at radius 3 is 2.50 bits per heavy atom. The Morgan fingerprint density at radius 1 is 1.30 bits per heavy atom. The van der Waals surface area contributed by atoms with Gasteiger partial charge in [-0.2, -0.15) is 4.99 Å². The van der Waals surface area contributed by atoms with Crippen LogP contribution >= 0.6 is 0 Å². The number of nitrogens with two attached hydrogens (primary N) is 2. The second kappa shape index (κ2) is 7.37. The minimum absolute atomic E-state index is 0.238. The van der Waals surface area contributed by atoms with Gasteiger partial charge in [0.05, 0.1) is 6.61 Å². The SMILES string of the molecule is CCOc1ccc(N(CC)C(=O)N=C(N)N)c(CC)c1. The molecule has 2 amide bonds. The van der Waals surface area contributed by atoms with Gasteiger partial charge in [-0.3, -0.25) is 4.90 Å².